The molecule has 0 bridgehead atoms. The lowest BCUT2D eigenvalue weighted by molar-refractivity contribution is 1.66. The molecule has 0 spiro atoms. The molecule has 80 valence electrons. The summed E-state index contributed by atoms with van der Waals surface area (Å²) in [6.07, 6.45) is 0. The molecule has 3 rings (SSSR count). The molecule has 0 unspecified atom stereocenters. The highest BCUT2D eigenvalue weighted by atomic mass is 14.1. The van der Waals surface area contributed by atoms with Gasteiger partial charge in [-0.15, -0.1) is 0 Å². The highest BCUT2D eigenvalue weighted by Gasteiger charge is 2.04. The average molecular weight is 216 g/mol. The van der Waals surface area contributed by atoms with Crippen LogP contribution < -0.4 is 5.46 Å². The molecule has 3 aromatic rings. The van der Waals surface area contributed by atoms with Crippen molar-refractivity contribution < 1.29 is 0 Å². The van der Waals surface area contributed by atoms with E-state index in [1.54, 1.807) is 0 Å². The van der Waals surface area contributed by atoms with Crippen LogP contribution in [0.15, 0.2) is 66.7 Å². The molecule has 0 heterocycles. The largest absolute Gasteiger partial charge is 0.140 e. The molecule has 17 heavy (non-hydrogen) atoms. The van der Waals surface area contributed by atoms with Gasteiger partial charge in [-0.1, -0.05) is 72.2 Å². The number of hydrogen-bond acceptors (Lipinski definition) is 0. The summed E-state index contributed by atoms with van der Waals surface area (Å²) in [5, 5.41) is 2.67. The van der Waals surface area contributed by atoms with Crippen molar-refractivity contribution in [1.29, 1.82) is 0 Å². The summed E-state index contributed by atoms with van der Waals surface area (Å²) in [6.45, 7) is 0. The van der Waals surface area contributed by atoms with Crippen molar-refractivity contribution in [3.05, 3.63) is 66.7 Å². The van der Waals surface area contributed by atoms with Crippen LogP contribution in [-0.2, 0) is 0 Å². The zero-order chi connectivity index (χ0) is 11.7. The Bertz CT molecular complexity index is 657. The van der Waals surface area contributed by atoms with E-state index in [0.29, 0.717) is 0 Å². The van der Waals surface area contributed by atoms with Gasteiger partial charge in [-0.05, 0) is 21.9 Å². The number of fused-ring (bicyclic) bond motifs is 1. The molecule has 0 aliphatic rings. The first-order valence-corrected chi connectivity index (χ1v) is 5.90. The summed E-state index contributed by atoms with van der Waals surface area (Å²) >= 11 is 0. The average Bonchev–Trinajstić information content (AvgIpc) is 2.41. The van der Waals surface area contributed by atoms with Gasteiger partial charge in [0.2, 0.25) is 0 Å². The van der Waals surface area contributed by atoms with Gasteiger partial charge in [0.15, 0.2) is 0 Å². The number of hydrogen-bond donors (Lipinski definition) is 0. The zero-order valence-corrected chi connectivity index (χ0v) is 9.85. The first kappa shape index (κ1) is 10.2. The van der Waals surface area contributed by atoms with Crippen molar-refractivity contribution >= 4 is 24.1 Å². The van der Waals surface area contributed by atoms with E-state index in [4.69, 9.17) is 0 Å². The molecule has 0 atom stereocenters. The minimum absolute atomic E-state index is 1.28. The highest BCUT2D eigenvalue weighted by Crippen LogP contribution is 2.26. The van der Waals surface area contributed by atoms with Gasteiger partial charge in [-0.3, -0.25) is 0 Å². The van der Waals surface area contributed by atoms with Crippen LogP contribution in [0, 0.1) is 0 Å². The third-order valence-corrected chi connectivity index (χ3v) is 3.23. The number of benzene rings is 3. The lowest BCUT2D eigenvalue weighted by atomic mass is 9.86. The maximum absolute atomic E-state index is 2.22. The predicted octanol–water partition coefficient (Wildman–Crippen LogP) is 2.77. The summed E-state index contributed by atoms with van der Waals surface area (Å²) in [5.41, 5.74) is 3.93. The van der Waals surface area contributed by atoms with E-state index in [2.05, 4.69) is 74.6 Å². The van der Waals surface area contributed by atoms with Crippen molar-refractivity contribution in [2.24, 2.45) is 0 Å². The third kappa shape index (κ3) is 1.74. The predicted molar refractivity (Wildman–Crippen MR) is 77.6 cm³/mol. The third-order valence-electron chi connectivity index (χ3n) is 3.23. The fourth-order valence-corrected chi connectivity index (χ4v) is 2.32. The van der Waals surface area contributed by atoms with Crippen molar-refractivity contribution in [1.82, 2.24) is 0 Å². The van der Waals surface area contributed by atoms with E-state index < -0.39 is 0 Å². The van der Waals surface area contributed by atoms with Crippen LogP contribution in [0.2, 0.25) is 0 Å². The van der Waals surface area contributed by atoms with E-state index in [1.165, 1.54) is 27.4 Å². The lowest BCUT2D eigenvalue weighted by Crippen LogP contribution is -2.03. The first-order chi connectivity index (χ1) is 8.36. The summed E-state index contributed by atoms with van der Waals surface area (Å²) in [7, 11) is 2.16. The fourth-order valence-electron chi connectivity index (χ4n) is 2.32. The van der Waals surface area contributed by atoms with Gasteiger partial charge < -0.3 is 0 Å². The molecule has 0 saturated carbocycles. The maximum Gasteiger partial charge on any atom is 0.140 e. The smallest absolute Gasteiger partial charge is 0.0812 e. The Morgan fingerprint density at radius 3 is 2.00 bits per heavy atom. The Labute approximate surface area is 102 Å². The molecule has 0 saturated heterocycles. The second-order valence-electron chi connectivity index (χ2n) is 4.34. The van der Waals surface area contributed by atoms with Gasteiger partial charge in [0.05, 0.1) is 0 Å². The highest BCUT2D eigenvalue weighted by molar-refractivity contribution is 6.39. The van der Waals surface area contributed by atoms with Crippen LogP contribution in [-0.4, -0.2) is 7.85 Å². The molecule has 0 aromatic heterocycles. The molecule has 3 aromatic carbocycles. The van der Waals surface area contributed by atoms with Gasteiger partial charge in [0.25, 0.3) is 0 Å². The van der Waals surface area contributed by atoms with Crippen LogP contribution in [0.3, 0.4) is 0 Å². The van der Waals surface area contributed by atoms with Crippen LogP contribution in [0.4, 0.5) is 0 Å². The minimum atomic E-state index is 1.28. The van der Waals surface area contributed by atoms with Crippen LogP contribution in [0.5, 0.6) is 0 Å². The molecule has 0 aliphatic heterocycles. The van der Waals surface area contributed by atoms with Crippen molar-refractivity contribution in [2.75, 3.05) is 0 Å². The summed E-state index contributed by atoms with van der Waals surface area (Å²) < 4.78 is 0. The molecule has 0 radical (unpaired) electrons. The molecule has 0 N–H and O–H groups in total. The van der Waals surface area contributed by atoms with Crippen LogP contribution in [0.1, 0.15) is 0 Å². The van der Waals surface area contributed by atoms with Crippen LogP contribution >= 0.6 is 0 Å². The molecule has 0 amide bonds. The first-order valence-electron chi connectivity index (χ1n) is 5.90. The Morgan fingerprint density at radius 1 is 0.588 bits per heavy atom. The van der Waals surface area contributed by atoms with Crippen molar-refractivity contribution in [3.8, 4) is 11.1 Å². The monoisotopic (exact) mass is 216 g/mol. The molecular weight excluding hydrogens is 203 g/mol. The second-order valence-corrected chi connectivity index (χ2v) is 4.34. The molecule has 0 fully saturated rings. The van der Waals surface area contributed by atoms with E-state index in [0.717, 1.165) is 0 Å². The second kappa shape index (κ2) is 4.10. The fraction of sp³-hybridized carbons (Fsp3) is 0. The molecule has 0 nitrogen and oxygen atoms in total. The normalized spacial score (nSPS) is 10.6. The SMILES string of the molecule is Bc1ccc(-c2ccccc2)c2ccccc12. The van der Waals surface area contributed by atoms with E-state index in [1.807, 2.05) is 0 Å². The van der Waals surface area contributed by atoms with Gasteiger partial charge in [0, 0.05) is 0 Å². The van der Waals surface area contributed by atoms with E-state index in [9.17, 15) is 0 Å². The number of rotatable bonds is 1. The van der Waals surface area contributed by atoms with Gasteiger partial charge >= 0.3 is 0 Å². The minimum Gasteiger partial charge on any atom is -0.0812 e. The summed E-state index contributed by atoms with van der Waals surface area (Å²) in [4.78, 5) is 0. The van der Waals surface area contributed by atoms with Gasteiger partial charge in [-0.2, -0.15) is 0 Å². The zero-order valence-electron chi connectivity index (χ0n) is 9.85. The summed E-state index contributed by atoms with van der Waals surface area (Å²) in [6, 6.07) is 23.6. The standard InChI is InChI=1S/C16H13B/c17-16-11-10-13(12-6-2-1-3-7-12)14-8-4-5-9-15(14)16/h1-11H,17H2. The Balaban J connectivity index is 2.35. The molecular formula is C16H13B. The maximum atomic E-state index is 2.22. The molecule has 0 aliphatic carbocycles. The van der Waals surface area contributed by atoms with Crippen LogP contribution in [0.25, 0.3) is 21.9 Å². The Morgan fingerprint density at radius 2 is 1.24 bits per heavy atom. The van der Waals surface area contributed by atoms with E-state index >= 15 is 0 Å². The van der Waals surface area contributed by atoms with Crippen molar-refractivity contribution in [2.45, 2.75) is 0 Å². The lowest BCUT2D eigenvalue weighted by Gasteiger charge is -2.09. The Hall–Kier alpha value is -2.02. The van der Waals surface area contributed by atoms with Gasteiger partial charge in [0.1, 0.15) is 7.85 Å². The molecule has 1 heteroatoms. The summed E-state index contributed by atoms with van der Waals surface area (Å²) in [5.74, 6) is 0. The topological polar surface area (TPSA) is 0 Å². The van der Waals surface area contributed by atoms with E-state index in [-0.39, 0.29) is 0 Å². The van der Waals surface area contributed by atoms with Gasteiger partial charge in [-0.25, -0.2) is 0 Å². The van der Waals surface area contributed by atoms with Crippen molar-refractivity contribution in [3.63, 3.8) is 0 Å². The Kier molecular flexibility index (Phi) is 2.45. The quantitative estimate of drug-likeness (QED) is 0.548.